The second-order valence-electron chi connectivity index (χ2n) is 4.35. The Bertz CT molecular complexity index is 572. The fourth-order valence-electron chi connectivity index (χ4n) is 1.59. The van der Waals surface area contributed by atoms with Crippen molar-refractivity contribution in [3.63, 3.8) is 0 Å². The number of carbonyl (C=O) groups excluding carboxylic acids is 1. The number of unbranched alkanes of at least 4 members (excludes halogenated alkanes) is 1. The first kappa shape index (κ1) is 14.1. The maximum Gasteiger partial charge on any atom is 0.360 e. The van der Waals surface area contributed by atoms with Gasteiger partial charge in [-0.3, -0.25) is 0 Å². The quantitative estimate of drug-likeness (QED) is 0.592. The Morgan fingerprint density at radius 3 is 2.85 bits per heavy atom. The van der Waals surface area contributed by atoms with Crippen LogP contribution < -0.4 is 0 Å². The van der Waals surface area contributed by atoms with Crippen molar-refractivity contribution in [3.05, 3.63) is 53.4 Å². The van der Waals surface area contributed by atoms with Gasteiger partial charge in [0.05, 0.1) is 6.61 Å². The van der Waals surface area contributed by atoms with Crippen molar-refractivity contribution < 1.29 is 14.1 Å². The Labute approximate surface area is 118 Å². The molecule has 0 radical (unpaired) electrons. The summed E-state index contributed by atoms with van der Waals surface area (Å²) in [5.74, 6) is 0.0813. The normalized spacial score (nSPS) is 10.8. The van der Waals surface area contributed by atoms with E-state index in [4.69, 9.17) is 9.26 Å². The van der Waals surface area contributed by atoms with E-state index in [9.17, 15) is 4.79 Å². The van der Waals surface area contributed by atoms with Crippen molar-refractivity contribution >= 4 is 18.1 Å². The number of hydrogen-bond acceptors (Lipinski definition) is 4. The summed E-state index contributed by atoms with van der Waals surface area (Å²) in [7, 11) is 0. The fraction of sp³-hybridized carbons (Fsp3) is 0.250. The molecule has 0 saturated heterocycles. The molecule has 0 saturated carbocycles. The van der Waals surface area contributed by atoms with Gasteiger partial charge in [0, 0.05) is 6.07 Å². The molecule has 2 rings (SSSR count). The lowest BCUT2D eigenvalue weighted by molar-refractivity contribution is 0.0488. The first-order valence-corrected chi connectivity index (χ1v) is 6.66. The topological polar surface area (TPSA) is 52.3 Å². The summed E-state index contributed by atoms with van der Waals surface area (Å²) >= 11 is 0. The van der Waals surface area contributed by atoms with E-state index in [-0.39, 0.29) is 5.69 Å². The number of carbonyl (C=O) groups is 1. The molecule has 4 nitrogen and oxygen atoms in total. The lowest BCUT2D eigenvalue weighted by Gasteiger charge is -1.99. The van der Waals surface area contributed by atoms with Gasteiger partial charge in [-0.15, -0.1) is 0 Å². The highest BCUT2D eigenvalue weighted by molar-refractivity contribution is 5.87. The minimum Gasteiger partial charge on any atom is -0.461 e. The van der Waals surface area contributed by atoms with Gasteiger partial charge in [-0.25, -0.2) is 4.79 Å². The molecule has 2 aromatic rings. The van der Waals surface area contributed by atoms with E-state index in [1.54, 1.807) is 12.1 Å². The maximum absolute atomic E-state index is 11.6. The van der Waals surface area contributed by atoms with Gasteiger partial charge in [0.15, 0.2) is 11.5 Å². The van der Waals surface area contributed by atoms with Crippen LogP contribution in [0.3, 0.4) is 0 Å². The van der Waals surface area contributed by atoms with Crippen molar-refractivity contribution in [1.82, 2.24) is 5.16 Å². The summed E-state index contributed by atoms with van der Waals surface area (Å²) in [4.78, 5) is 11.6. The van der Waals surface area contributed by atoms with Crippen LogP contribution in [-0.4, -0.2) is 17.7 Å². The molecule has 0 aliphatic carbocycles. The van der Waals surface area contributed by atoms with E-state index in [2.05, 4.69) is 5.16 Å². The van der Waals surface area contributed by atoms with E-state index < -0.39 is 5.97 Å². The van der Waals surface area contributed by atoms with Crippen LogP contribution in [0.5, 0.6) is 0 Å². The third kappa shape index (κ3) is 4.09. The number of rotatable bonds is 6. The van der Waals surface area contributed by atoms with Crippen LogP contribution in [0.25, 0.3) is 12.2 Å². The van der Waals surface area contributed by atoms with Crippen LogP contribution in [0.1, 0.15) is 41.6 Å². The smallest absolute Gasteiger partial charge is 0.360 e. The predicted molar refractivity (Wildman–Crippen MR) is 77.1 cm³/mol. The molecule has 104 valence electrons. The fourth-order valence-corrected chi connectivity index (χ4v) is 1.59. The first-order valence-electron chi connectivity index (χ1n) is 6.66. The summed E-state index contributed by atoms with van der Waals surface area (Å²) in [5.41, 5.74) is 1.25. The monoisotopic (exact) mass is 271 g/mol. The van der Waals surface area contributed by atoms with Gasteiger partial charge in [0.2, 0.25) is 0 Å². The Hall–Kier alpha value is -2.36. The van der Waals surface area contributed by atoms with Gasteiger partial charge in [0.1, 0.15) is 0 Å². The zero-order valence-electron chi connectivity index (χ0n) is 11.4. The van der Waals surface area contributed by atoms with Gasteiger partial charge in [-0.1, -0.05) is 54.9 Å². The summed E-state index contributed by atoms with van der Waals surface area (Å²) in [5, 5.41) is 3.71. The van der Waals surface area contributed by atoms with Crippen molar-refractivity contribution in [1.29, 1.82) is 0 Å². The maximum atomic E-state index is 11.6. The standard InChI is InChI=1S/C16H17NO3/c1-2-3-11-19-16(18)15-12-14(20-17-15)10-9-13-7-5-4-6-8-13/h4-10,12H,2-3,11H2,1H3/b10-9+. The second kappa shape index (κ2) is 7.28. The molecule has 1 aromatic heterocycles. The molecule has 0 spiro atoms. The minimum atomic E-state index is -0.443. The molecule has 0 N–H and O–H groups in total. The van der Waals surface area contributed by atoms with Crippen LogP contribution >= 0.6 is 0 Å². The Morgan fingerprint density at radius 1 is 1.30 bits per heavy atom. The molecular formula is C16H17NO3. The first-order chi connectivity index (χ1) is 9.79. The van der Waals surface area contributed by atoms with Crippen LogP contribution in [0.4, 0.5) is 0 Å². The van der Waals surface area contributed by atoms with Gasteiger partial charge in [0.25, 0.3) is 0 Å². The number of ether oxygens (including phenoxy) is 1. The molecule has 0 aliphatic heterocycles. The van der Waals surface area contributed by atoms with E-state index in [0.717, 1.165) is 18.4 Å². The lowest BCUT2D eigenvalue weighted by Crippen LogP contribution is -2.06. The molecule has 0 aliphatic rings. The van der Waals surface area contributed by atoms with Crippen molar-refractivity contribution in [2.75, 3.05) is 6.61 Å². The molecule has 0 atom stereocenters. The molecule has 0 bridgehead atoms. The Morgan fingerprint density at radius 2 is 2.10 bits per heavy atom. The van der Waals surface area contributed by atoms with Crippen LogP contribution in [0.15, 0.2) is 40.9 Å². The zero-order valence-corrected chi connectivity index (χ0v) is 11.4. The SMILES string of the molecule is CCCCOC(=O)c1cc(/C=C/c2ccccc2)on1. The highest BCUT2D eigenvalue weighted by Crippen LogP contribution is 2.10. The average Bonchev–Trinajstić information content (AvgIpc) is 2.95. The third-order valence-electron chi connectivity index (χ3n) is 2.71. The summed E-state index contributed by atoms with van der Waals surface area (Å²) in [6.45, 7) is 2.45. The number of benzene rings is 1. The Kier molecular flexibility index (Phi) is 5.12. The number of nitrogens with zero attached hydrogens (tertiary/aromatic N) is 1. The number of esters is 1. The number of aromatic nitrogens is 1. The summed E-state index contributed by atoms with van der Waals surface area (Å²) < 4.78 is 10.1. The molecule has 20 heavy (non-hydrogen) atoms. The number of hydrogen-bond donors (Lipinski definition) is 0. The van der Waals surface area contributed by atoms with E-state index in [1.807, 2.05) is 43.3 Å². The largest absolute Gasteiger partial charge is 0.461 e. The summed E-state index contributed by atoms with van der Waals surface area (Å²) in [6.07, 6.45) is 5.50. The van der Waals surface area contributed by atoms with Crippen LogP contribution in [-0.2, 0) is 4.74 Å². The highest BCUT2D eigenvalue weighted by atomic mass is 16.5. The lowest BCUT2D eigenvalue weighted by atomic mass is 10.2. The zero-order chi connectivity index (χ0) is 14.2. The van der Waals surface area contributed by atoms with Crippen LogP contribution in [0.2, 0.25) is 0 Å². The molecule has 0 unspecified atom stereocenters. The third-order valence-corrected chi connectivity index (χ3v) is 2.71. The van der Waals surface area contributed by atoms with Gasteiger partial charge >= 0.3 is 5.97 Å². The van der Waals surface area contributed by atoms with E-state index in [0.29, 0.717) is 12.4 Å². The van der Waals surface area contributed by atoms with Crippen LogP contribution in [0, 0.1) is 0 Å². The molecule has 1 aromatic carbocycles. The van der Waals surface area contributed by atoms with E-state index in [1.165, 1.54) is 0 Å². The van der Waals surface area contributed by atoms with Gasteiger partial charge < -0.3 is 9.26 Å². The van der Waals surface area contributed by atoms with Gasteiger partial charge in [-0.05, 0) is 18.1 Å². The van der Waals surface area contributed by atoms with Crippen molar-refractivity contribution in [2.45, 2.75) is 19.8 Å². The second-order valence-corrected chi connectivity index (χ2v) is 4.35. The van der Waals surface area contributed by atoms with Crippen molar-refractivity contribution in [3.8, 4) is 0 Å². The minimum absolute atomic E-state index is 0.203. The molecule has 4 heteroatoms. The highest BCUT2D eigenvalue weighted by Gasteiger charge is 2.12. The molecule has 0 amide bonds. The molecule has 1 heterocycles. The van der Waals surface area contributed by atoms with Crippen molar-refractivity contribution in [2.24, 2.45) is 0 Å². The molecular weight excluding hydrogens is 254 g/mol. The van der Waals surface area contributed by atoms with E-state index >= 15 is 0 Å². The average molecular weight is 271 g/mol. The predicted octanol–water partition coefficient (Wildman–Crippen LogP) is 3.80. The van der Waals surface area contributed by atoms with Gasteiger partial charge in [-0.2, -0.15) is 0 Å². The molecule has 0 fully saturated rings. The Balaban J connectivity index is 1.95. The summed E-state index contributed by atoms with van der Waals surface area (Å²) in [6, 6.07) is 11.4.